The molecule has 126 valence electrons. The largest absolute Gasteiger partial charge is 0.463 e. The van der Waals surface area contributed by atoms with E-state index in [-0.39, 0.29) is 12.4 Å². The maximum Gasteiger partial charge on any atom is 0.336 e. The molecule has 1 N–H and O–H groups in total. The smallest absolute Gasteiger partial charge is 0.336 e. The zero-order chi connectivity index (χ0) is 17.3. The average Bonchev–Trinajstić information content (AvgIpc) is 2.54. The summed E-state index contributed by atoms with van der Waals surface area (Å²) in [5, 5.41) is 3.80. The minimum atomic E-state index is -0.471. The van der Waals surface area contributed by atoms with Crippen molar-refractivity contribution in [2.24, 2.45) is 0 Å². The first-order valence-corrected chi connectivity index (χ1v) is 8.58. The van der Waals surface area contributed by atoms with Gasteiger partial charge in [0, 0.05) is 34.3 Å². The quantitative estimate of drug-likeness (QED) is 0.845. The Bertz CT molecular complexity index is 764. The van der Waals surface area contributed by atoms with Crippen LogP contribution < -0.4 is 5.32 Å². The Labute approximate surface area is 146 Å². The van der Waals surface area contributed by atoms with Crippen LogP contribution in [0.1, 0.15) is 44.6 Å². The lowest BCUT2D eigenvalue weighted by atomic mass is 9.75. The molecule has 0 aromatic heterocycles. The summed E-state index contributed by atoms with van der Waals surface area (Å²) in [6.45, 7) is 3.90. The van der Waals surface area contributed by atoms with Crippen LogP contribution in [0.4, 0.5) is 0 Å². The van der Waals surface area contributed by atoms with Crippen molar-refractivity contribution in [3.63, 3.8) is 0 Å². The van der Waals surface area contributed by atoms with Gasteiger partial charge in [-0.25, -0.2) is 4.79 Å². The molecule has 0 amide bonds. The highest BCUT2D eigenvalue weighted by molar-refractivity contribution is 6.31. The van der Waals surface area contributed by atoms with Crippen LogP contribution in [0.5, 0.6) is 0 Å². The van der Waals surface area contributed by atoms with Gasteiger partial charge in [-0.3, -0.25) is 4.79 Å². The topological polar surface area (TPSA) is 55.4 Å². The van der Waals surface area contributed by atoms with Crippen LogP contribution in [0.3, 0.4) is 0 Å². The Morgan fingerprint density at radius 2 is 2.08 bits per heavy atom. The van der Waals surface area contributed by atoms with Gasteiger partial charge in [-0.15, -0.1) is 0 Å². The number of carbonyl (C=O) groups excluding carboxylic acids is 2. The highest BCUT2D eigenvalue weighted by Gasteiger charge is 2.39. The number of ether oxygens (including phenoxy) is 1. The third-order valence-electron chi connectivity index (χ3n) is 4.49. The Morgan fingerprint density at radius 3 is 2.79 bits per heavy atom. The van der Waals surface area contributed by atoms with E-state index in [0.29, 0.717) is 22.6 Å². The number of hydrogen-bond acceptors (Lipinski definition) is 4. The second-order valence-corrected chi connectivity index (χ2v) is 6.41. The number of esters is 1. The SMILES string of the molecule is CCOC(=O)C1=C(C)NC2=C(C(=O)CCC2)[C@@H]1c1ccccc1Cl. The lowest BCUT2D eigenvalue weighted by molar-refractivity contribution is -0.138. The molecule has 1 aromatic carbocycles. The molecule has 5 heteroatoms. The van der Waals surface area contributed by atoms with E-state index in [1.165, 1.54) is 0 Å². The molecule has 0 fully saturated rings. The van der Waals surface area contributed by atoms with Gasteiger partial charge in [0.15, 0.2) is 5.78 Å². The Hall–Kier alpha value is -2.07. The molecule has 1 atom stereocenters. The summed E-state index contributed by atoms with van der Waals surface area (Å²) < 4.78 is 5.24. The van der Waals surface area contributed by atoms with E-state index in [1.54, 1.807) is 13.0 Å². The van der Waals surface area contributed by atoms with Gasteiger partial charge in [-0.2, -0.15) is 0 Å². The number of benzene rings is 1. The van der Waals surface area contributed by atoms with Gasteiger partial charge in [0.2, 0.25) is 0 Å². The fourth-order valence-electron chi connectivity index (χ4n) is 3.48. The molecule has 1 aromatic rings. The van der Waals surface area contributed by atoms with Crippen LogP contribution in [0, 0.1) is 0 Å². The second-order valence-electron chi connectivity index (χ2n) is 6.01. The van der Waals surface area contributed by atoms with E-state index in [1.807, 2.05) is 25.1 Å². The highest BCUT2D eigenvalue weighted by atomic mass is 35.5. The monoisotopic (exact) mass is 345 g/mol. The van der Waals surface area contributed by atoms with Crippen molar-refractivity contribution in [3.05, 3.63) is 57.4 Å². The summed E-state index contributed by atoms with van der Waals surface area (Å²) in [4.78, 5) is 25.2. The fourth-order valence-corrected chi connectivity index (χ4v) is 3.73. The third-order valence-corrected chi connectivity index (χ3v) is 4.83. The minimum Gasteiger partial charge on any atom is -0.463 e. The number of allylic oxidation sites excluding steroid dienone is 3. The molecule has 0 saturated carbocycles. The molecule has 2 aliphatic rings. The van der Waals surface area contributed by atoms with E-state index in [2.05, 4.69) is 5.32 Å². The molecular formula is C19H20ClNO3. The van der Waals surface area contributed by atoms with Gasteiger partial charge >= 0.3 is 5.97 Å². The van der Waals surface area contributed by atoms with Crippen molar-refractivity contribution < 1.29 is 14.3 Å². The number of carbonyl (C=O) groups is 2. The fraction of sp³-hybridized carbons (Fsp3) is 0.368. The number of halogens is 1. The summed E-state index contributed by atoms with van der Waals surface area (Å²) >= 11 is 6.40. The molecule has 1 heterocycles. The first-order valence-electron chi connectivity index (χ1n) is 8.20. The van der Waals surface area contributed by atoms with Crippen molar-refractivity contribution in [3.8, 4) is 0 Å². The zero-order valence-corrected chi connectivity index (χ0v) is 14.6. The average molecular weight is 346 g/mol. The van der Waals surface area contributed by atoms with Gasteiger partial charge in [0.05, 0.1) is 12.2 Å². The normalized spacial score (nSPS) is 20.6. The van der Waals surface area contributed by atoms with Gasteiger partial charge in [0.25, 0.3) is 0 Å². The van der Waals surface area contributed by atoms with Crippen LogP contribution in [0.25, 0.3) is 0 Å². The van der Waals surface area contributed by atoms with Crippen molar-refractivity contribution >= 4 is 23.4 Å². The maximum absolute atomic E-state index is 12.6. The lowest BCUT2D eigenvalue weighted by Gasteiger charge is -2.34. The third kappa shape index (κ3) is 2.86. The van der Waals surface area contributed by atoms with Gasteiger partial charge < -0.3 is 10.1 Å². The van der Waals surface area contributed by atoms with Gasteiger partial charge in [-0.1, -0.05) is 29.8 Å². The van der Waals surface area contributed by atoms with E-state index in [4.69, 9.17) is 16.3 Å². The Kier molecular flexibility index (Phi) is 4.76. The van der Waals surface area contributed by atoms with Crippen LogP contribution in [-0.2, 0) is 14.3 Å². The minimum absolute atomic E-state index is 0.0722. The summed E-state index contributed by atoms with van der Waals surface area (Å²) in [7, 11) is 0. The summed E-state index contributed by atoms with van der Waals surface area (Å²) in [5.74, 6) is -0.804. The predicted molar refractivity (Wildman–Crippen MR) is 92.5 cm³/mol. The summed E-state index contributed by atoms with van der Waals surface area (Å²) in [5.41, 5.74) is 3.53. The molecular weight excluding hydrogens is 326 g/mol. The Morgan fingerprint density at radius 1 is 1.33 bits per heavy atom. The molecule has 24 heavy (non-hydrogen) atoms. The summed E-state index contributed by atoms with van der Waals surface area (Å²) in [6.07, 6.45) is 2.12. The van der Waals surface area contributed by atoms with Crippen molar-refractivity contribution in [1.29, 1.82) is 0 Å². The van der Waals surface area contributed by atoms with Gasteiger partial charge in [0.1, 0.15) is 0 Å². The molecule has 1 aliphatic heterocycles. The molecule has 1 aliphatic carbocycles. The number of ketones is 1. The lowest BCUT2D eigenvalue weighted by Crippen LogP contribution is -2.34. The van der Waals surface area contributed by atoms with E-state index >= 15 is 0 Å². The predicted octanol–water partition coefficient (Wildman–Crippen LogP) is 3.87. The van der Waals surface area contributed by atoms with Crippen molar-refractivity contribution in [2.75, 3.05) is 6.61 Å². The van der Waals surface area contributed by atoms with Crippen LogP contribution in [0.15, 0.2) is 46.8 Å². The molecule has 0 spiro atoms. The van der Waals surface area contributed by atoms with Crippen molar-refractivity contribution in [1.82, 2.24) is 5.32 Å². The summed E-state index contributed by atoms with van der Waals surface area (Å²) in [6, 6.07) is 7.36. The number of hydrogen-bond donors (Lipinski definition) is 1. The van der Waals surface area contributed by atoms with Crippen LogP contribution in [0.2, 0.25) is 5.02 Å². The van der Waals surface area contributed by atoms with Crippen LogP contribution in [-0.4, -0.2) is 18.4 Å². The highest BCUT2D eigenvalue weighted by Crippen LogP contribution is 2.44. The standard InChI is InChI=1S/C19H20ClNO3/c1-3-24-19(23)16-11(2)21-14-9-6-10-15(22)18(14)17(16)12-7-4-5-8-13(12)20/h4-5,7-8,17,21H,3,6,9-10H2,1-2H3/t17-/m1/s1. The molecule has 0 bridgehead atoms. The second kappa shape index (κ2) is 6.81. The molecule has 0 saturated heterocycles. The molecule has 4 nitrogen and oxygen atoms in total. The molecule has 3 rings (SSSR count). The number of Topliss-reactive ketones (excluding diaryl/α,β-unsaturated/α-hetero) is 1. The van der Waals surface area contributed by atoms with E-state index in [0.717, 1.165) is 29.8 Å². The number of dihydropyridines is 1. The Balaban J connectivity index is 2.19. The van der Waals surface area contributed by atoms with Crippen LogP contribution >= 0.6 is 11.6 Å². The first-order chi connectivity index (χ1) is 11.5. The van der Waals surface area contributed by atoms with Gasteiger partial charge in [-0.05, 0) is 38.3 Å². The molecule has 0 unspecified atom stereocenters. The van der Waals surface area contributed by atoms with Crippen molar-refractivity contribution in [2.45, 2.75) is 39.0 Å². The first kappa shape index (κ1) is 16.8. The molecule has 0 radical (unpaired) electrons. The zero-order valence-electron chi connectivity index (χ0n) is 13.8. The number of nitrogens with one attached hydrogen (secondary N) is 1. The number of rotatable bonds is 3. The van der Waals surface area contributed by atoms with E-state index in [9.17, 15) is 9.59 Å². The maximum atomic E-state index is 12.6. The van der Waals surface area contributed by atoms with E-state index < -0.39 is 11.9 Å².